The molecule has 0 spiro atoms. The Morgan fingerprint density at radius 3 is 2.39 bits per heavy atom. The maximum Gasteiger partial charge on any atom is 0.238 e. The number of thiophene rings is 1. The summed E-state index contributed by atoms with van der Waals surface area (Å²) in [5.41, 5.74) is 0.578. The van der Waals surface area contributed by atoms with Crippen molar-refractivity contribution >= 4 is 48.7 Å². The van der Waals surface area contributed by atoms with E-state index in [-0.39, 0.29) is 17.3 Å². The van der Waals surface area contributed by atoms with Crippen molar-refractivity contribution in [1.29, 1.82) is 0 Å². The Labute approximate surface area is 148 Å². The van der Waals surface area contributed by atoms with E-state index in [4.69, 9.17) is 0 Å². The number of carbonyl (C=O) groups excluding carboxylic acids is 1. The first-order valence-corrected chi connectivity index (χ1v) is 10.3. The van der Waals surface area contributed by atoms with Gasteiger partial charge in [-0.2, -0.15) is 0 Å². The van der Waals surface area contributed by atoms with E-state index in [0.717, 1.165) is 10.0 Å². The molecule has 0 bridgehead atoms. The second-order valence-corrected chi connectivity index (χ2v) is 9.79. The predicted molar refractivity (Wildman–Crippen MR) is 96.5 cm³/mol. The van der Waals surface area contributed by atoms with Crippen LogP contribution in [0.3, 0.4) is 0 Å². The number of nitrogens with zero attached hydrogens (tertiary/aromatic N) is 1. The average molecular weight is 417 g/mol. The molecule has 8 heteroatoms. The predicted octanol–water partition coefficient (Wildman–Crippen LogP) is 2.98. The van der Waals surface area contributed by atoms with Gasteiger partial charge in [0.15, 0.2) is 9.84 Å². The SMILES string of the molecule is CN(CC(=O)Nc1ccc(S(C)(=O)=O)cc1)Cc1ccc(Br)s1. The number of anilines is 1. The number of nitrogens with one attached hydrogen (secondary N) is 1. The summed E-state index contributed by atoms with van der Waals surface area (Å²) >= 11 is 5.05. The smallest absolute Gasteiger partial charge is 0.238 e. The highest BCUT2D eigenvalue weighted by Crippen LogP contribution is 2.23. The van der Waals surface area contributed by atoms with Gasteiger partial charge in [0.2, 0.25) is 5.91 Å². The molecular weight excluding hydrogens is 400 g/mol. The molecule has 0 radical (unpaired) electrons. The fourth-order valence-corrected chi connectivity index (χ4v) is 4.18. The van der Waals surface area contributed by atoms with Crippen LogP contribution in [0.2, 0.25) is 0 Å². The van der Waals surface area contributed by atoms with Gasteiger partial charge in [-0.05, 0) is 59.4 Å². The van der Waals surface area contributed by atoms with Crippen LogP contribution in [0, 0.1) is 0 Å². The van der Waals surface area contributed by atoms with Crippen molar-refractivity contribution in [3.8, 4) is 0 Å². The van der Waals surface area contributed by atoms with E-state index in [1.165, 1.54) is 17.0 Å². The van der Waals surface area contributed by atoms with E-state index < -0.39 is 9.84 Å². The summed E-state index contributed by atoms with van der Waals surface area (Å²) in [7, 11) is -1.35. The topological polar surface area (TPSA) is 66.5 Å². The van der Waals surface area contributed by atoms with Gasteiger partial charge in [0.05, 0.1) is 15.2 Å². The molecule has 1 aromatic carbocycles. The summed E-state index contributed by atoms with van der Waals surface area (Å²) in [6.45, 7) is 0.944. The number of amides is 1. The largest absolute Gasteiger partial charge is 0.325 e. The highest BCUT2D eigenvalue weighted by molar-refractivity contribution is 9.11. The van der Waals surface area contributed by atoms with Crippen molar-refractivity contribution in [1.82, 2.24) is 4.90 Å². The van der Waals surface area contributed by atoms with Crippen LogP contribution in [-0.4, -0.2) is 39.1 Å². The molecule has 2 rings (SSSR count). The molecule has 1 heterocycles. The lowest BCUT2D eigenvalue weighted by Crippen LogP contribution is -2.29. The van der Waals surface area contributed by atoms with E-state index in [1.807, 2.05) is 24.1 Å². The van der Waals surface area contributed by atoms with Gasteiger partial charge in [-0.25, -0.2) is 8.42 Å². The molecule has 124 valence electrons. The fourth-order valence-electron chi connectivity index (χ4n) is 1.99. The number of benzene rings is 1. The van der Waals surface area contributed by atoms with E-state index in [9.17, 15) is 13.2 Å². The first-order valence-electron chi connectivity index (χ1n) is 6.77. The van der Waals surface area contributed by atoms with Crippen LogP contribution < -0.4 is 5.32 Å². The number of rotatable bonds is 6. The van der Waals surface area contributed by atoms with Gasteiger partial charge < -0.3 is 5.32 Å². The molecule has 0 aliphatic heterocycles. The van der Waals surface area contributed by atoms with Crippen molar-refractivity contribution in [2.24, 2.45) is 0 Å². The summed E-state index contributed by atoms with van der Waals surface area (Å²) in [5.74, 6) is -0.143. The van der Waals surface area contributed by atoms with Crippen molar-refractivity contribution in [3.05, 3.63) is 45.1 Å². The summed E-state index contributed by atoms with van der Waals surface area (Å²) in [4.78, 5) is 15.3. The second kappa shape index (κ2) is 7.57. The van der Waals surface area contributed by atoms with Crippen molar-refractivity contribution in [2.75, 3.05) is 25.2 Å². The Bertz CT molecular complexity index is 785. The normalized spacial score (nSPS) is 11.7. The molecule has 0 fully saturated rings. The molecule has 0 unspecified atom stereocenters. The monoisotopic (exact) mass is 416 g/mol. The number of sulfone groups is 1. The van der Waals surface area contributed by atoms with Crippen molar-refractivity contribution in [2.45, 2.75) is 11.4 Å². The Hall–Kier alpha value is -1.22. The first kappa shape index (κ1) is 18.1. The lowest BCUT2D eigenvalue weighted by molar-refractivity contribution is -0.117. The van der Waals surface area contributed by atoms with Crippen LogP contribution >= 0.6 is 27.3 Å². The first-order chi connectivity index (χ1) is 10.7. The van der Waals surface area contributed by atoms with E-state index in [2.05, 4.69) is 21.2 Å². The number of likely N-dealkylation sites (N-methyl/N-ethyl adjacent to an activating group) is 1. The van der Waals surface area contributed by atoms with Crippen LogP contribution in [0.15, 0.2) is 45.1 Å². The molecule has 1 aromatic heterocycles. The van der Waals surface area contributed by atoms with Crippen LogP contribution in [0.25, 0.3) is 0 Å². The summed E-state index contributed by atoms with van der Waals surface area (Å²) in [6.07, 6.45) is 1.15. The van der Waals surface area contributed by atoms with Crippen molar-refractivity contribution < 1.29 is 13.2 Å². The summed E-state index contributed by atoms with van der Waals surface area (Å²) < 4.78 is 23.8. The molecule has 5 nitrogen and oxygen atoms in total. The van der Waals surface area contributed by atoms with Gasteiger partial charge >= 0.3 is 0 Å². The zero-order valence-corrected chi connectivity index (χ0v) is 16.0. The molecule has 23 heavy (non-hydrogen) atoms. The zero-order valence-electron chi connectivity index (χ0n) is 12.7. The van der Waals surface area contributed by atoms with Gasteiger partial charge in [-0.1, -0.05) is 0 Å². The highest BCUT2D eigenvalue weighted by atomic mass is 79.9. The molecule has 1 N–H and O–H groups in total. The standard InChI is InChI=1S/C15H17BrN2O3S2/c1-18(9-12-5-8-14(16)22-12)10-15(19)17-11-3-6-13(7-4-11)23(2,20)21/h3-8H,9-10H2,1-2H3,(H,17,19). The third-order valence-corrected chi connectivity index (χ3v) is 5.77. The lowest BCUT2D eigenvalue weighted by atomic mass is 10.3. The van der Waals surface area contributed by atoms with Crippen LogP contribution in [0.4, 0.5) is 5.69 Å². The van der Waals surface area contributed by atoms with Gasteiger partial charge in [0.25, 0.3) is 0 Å². The Kier molecular flexibility index (Phi) is 5.96. The van der Waals surface area contributed by atoms with Gasteiger partial charge in [0, 0.05) is 23.4 Å². The molecule has 0 aliphatic rings. The number of halogens is 1. The summed E-state index contributed by atoms with van der Waals surface area (Å²) in [5, 5.41) is 2.76. The molecule has 0 atom stereocenters. The lowest BCUT2D eigenvalue weighted by Gasteiger charge is -2.15. The molecule has 0 saturated carbocycles. The van der Waals surface area contributed by atoms with Crippen LogP contribution in [0.5, 0.6) is 0 Å². The molecule has 1 amide bonds. The Morgan fingerprint density at radius 1 is 1.22 bits per heavy atom. The van der Waals surface area contributed by atoms with Crippen molar-refractivity contribution in [3.63, 3.8) is 0 Å². The third kappa shape index (κ3) is 5.72. The molecule has 0 aliphatic carbocycles. The molecule has 2 aromatic rings. The molecule has 0 saturated heterocycles. The minimum Gasteiger partial charge on any atom is -0.325 e. The average Bonchev–Trinajstić information content (AvgIpc) is 2.83. The minimum absolute atomic E-state index is 0.143. The maximum atomic E-state index is 12.0. The number of carbonyl (C=O) groups is 1. The van der Waals surface area contributed by atoms with Crippen LogP contribution in [0.1, 0.15) is 4.88 Å². The molecular formula is C15H17BrN2O3S2. The number of hydrogen-bond acceptors (Lipinski definition) is 5. The third-order valence-electron chi connectivity index (χ3n) is 3.03. The summed E-state index contributed by atoms with van der Waals surface area (Å²) in [6, 6.07) is 10.1. The van der Waals surface area contributed by atoms with Crippen LogP contribution in [-0.2, 0) is 21.2 Å². The van der Waals surface area contributed by atoms with E-state index >= 15 is 0 Å². The van der Waals surface area contributed by atoms with E-state index in [1.54, 1.807) is 23.5 Å². The van der Waals surface area contributed by atoms with Gasteiger partial charge in [0.1, 0.15) is 0 Å². The van der Waals surface area contributed by atoms with E-state index in [0.29, 0.717) is 12.2 Å². The Balaban J connectivity index is 1.89. The van der Waals surface area contributed by atoms with Gasteiger partial charge in [-0.3, -0.25) is 9.69 Å². The quantitative estimate of drug-likeness (QED) is 0.785. The Morgan fingerprint density at radius 2 is 1.87 bits per heavy atom. The second-order valence-electron chi connectivity index (χ2n) is 5.22. The highest BCUT2D eigenvalue weighted by Gasteiger charge is 2.10. The number of hydrogen-bond donors (Lipinski definition) is 1. The zero-order chi connectivity index (χ0) is 17.0. The fraction of sp³-hybridized carbons (Fsp3) is 0.267. The maximum absolute atomic E-state index is 12.0. The van der Waals surface area contributed by atoms with Gasteiger partial charge in [-0.15, -0.1) is 11.3 Å². The minimum atomic E-state index is -3.22.